The number of rotatable bonds is 6. The molecule has 0 aliphatic carbocycles. The maximum absolute atomic E-state index is 11.1. The third-order valence-corrected chi connectivity index (χ3v) is 3.48. The Morgan fingerprint density at radius 2 is 2.10 bits per heavy atom. The van der Waals surface area contributed by atoms with Crippen LogP contribution in [0.25, 0.3) is 0 Å². The van der Waals surface area contributed by atoms with Gasteiger partial charge in [0.25, 0.3) is 5.69 Å². The van der Waals surface area contributed by atoms with Crippen molar-refractivity contribution in [3.8, 4) is 0 Å². The number of hydrogen-bond acceptors (Lipinski definition) is 6. The molecule has 1 N–H and O–H groups in total. The van der Waals surface area contributed by atoms with Crippen LogP contribution in [0.5, 0.6) is 0 Å². The summed E-state index contributed by atoms with van der Waals surface area (Å²) in [6.07, 6.45) is 3.35. The first-order valence-corrected chi connectivity index (χ1v) is 7.10. The molecule has 7 heteroatoms. The Hall–Kier alpha value is -2.15. The summed E-state index contributed by atoms with van der Waals surface area (Å²) in [6.45, 7) is 2.55. The standard InChI is InChI=1S/C13H14N4O2S/c1-2-14-11-5-4-10(8-12(11)17(18)19)9-20-13-15-6-3-7-16-13/h3-8,14H,2,9H2,1H3. The van der Waals surface area contributed by atoms with Gasteiger partial charge in [-0.2, -0.15) is 0 Å². The van der Waals surface area contributed by atoms with Gasteiger partial charge in [0.05, 0.1) is 4.92 Å². The molecule has 6 nitrogen and oxygen atoms in total. The predicted octanol–water partition coefficient (Wildman–Crippen LogP) is 3.11. The molecule has 0 fully saturated rings. The van der Waals surface area contributed by atoms with E-state index < -0.39 is 0 Å². The molecule has 20 heavy (non-hydrogen) atoms. The normalized spacial score (nSPS) is 10.2. The minimum absolute atomic E-state index is 0.0962. The minimum Gasteiger partial charge on any atom is -0.380 e. The van der Waals surface area contributed by atoms with Crippen LogP contribution < -0.4 is 5.32 Å². The Balaban J connectivity index is 2.13. The third-order valence-electron chi connectivity index (χ3n) is 2.54. The summed E-state index contributed by atoms with van der Waals surface area (Å²) < 4.78 is 0. The van der Waals surface area contributed by atoms with Crippen molar-refractivity contribution >= 4 is 23.1 Å². The van der Waals surface area contributed by atoms with Crippen LogP contribution in [-0.2, 0) is 5.75 Å². The topological polar surface area (TPSA) is 81.0 Å². The van der Waals surface area contributed by atoms with Crippen LogP contribution >= 0.6 is 11.8 Å². The lowest BCUT2D eigenvalue weighted by molar-refractivity contribution is -0.384. The molecule has 0 unspecified atom stereocenters. The second-order valence-corrected chi connectivity index (χ2v) is 4.90. The summed E-state index contributed by atoms with van der Waals surface area (Å²) in [5.74, 6) is 0.595. The number of nitro groups is 1. The summed E-state index contributed by atoms with van der Waals surface area (Å²) in [4.78, 5) is 18.9. The Morgan fingerprint density at radius 3 is 2.75 bits per heavy atom. The Kier molecular flexibility index (Phi) is 4.89. The van der Waals surface area contributed by atoms with Crippen LogP contribution in [0.3, 0.4) is 0 Å². The lowest BCUT2D eigenvalue weighted by Gasteiger charge is -2.06. The number of aromatic nitrogens is 2. The van der Waals surface area contributed by atoms with E-state index in [0.29, 0.717) is 23.1 Å². The van der Waals surface area contributed by atoms with Crippen molar-refractivity contribution in [2.75, 3.05) is 11.9 Å². The van der Waals surface area contributed by atoms with Crippen LogP contribution in [-0.4, -0.2) is 21.4 Å². The molecule has 0 saturated heterocycles. The number of anilines is 1. The first-order chi connectivity index (χ1) is 9.70. The van der Waals surface area contributed by atoms with Gasteiger partial charge in [0, 0.05) is 30.8 Å². The highest BCUT2D eigenvalue weighted by Crippen LogP contribution is 2.28. The molecule has 0 amide bonds. The van der Waals surface area contributed by atoms with Crippen LogP contribution in [0.1, 0.15) is 12.5 Å². The number of thioether (sulfide) groups is 1. The molecular weight excluding hydrogens is 276 g/mol. The number of nitro benzene ring substituents is 1. The molecule has 0 atom stereocenters. The molecular formula is C13H14N4O2S. The van der Waals surface area contributed by atoms with Gasteiger partial charge in [-0.1, -0.05) is 17.8 Å². The smallest absolute Gasteiger partial charge is 0.292 e. The lowest BCUT2D eigenvalue weighted by Crippen LogP contribution is -2.01. The zero-order valence-corrected chi connectivity index (χ0v) is 11.8. The molecule has 0 aliphatic heterocycles. The quantitative estimate of drug-likeness (QED) is 0.381. The van der Waals surface area contributed by atoms with Crippen molar-refractivity contribution in [3.63, 3.8) is 0 Å². The highest BCUT2D eigenvalue weighted by Gasteiger charge is 2.14. The fraction of sp³-hybridized carbons (Fsp3) is 0.231. The van der Waals surface area contributed by atoms with Crippen LogP contribution in [0.15, 0.2) is 41.8 Å². The Morgan fingerprint density at radius 1 is 1.35 bits per heavy atom. The molecule has 104 valence electrons. The van der Waals surface area contributed by atoms with E-state index >= 15 is 0 Å². The molecule has 1 aromatic heterocycles. The summed E-state index contributed by atoms with van der Waals surface area (Å²) in [5, 5.41) is 14.7. The average molecular weight is 290 g/mol. The average Bonchev–Trinajstić information content (AvgIpc) is 2.47. The number of nitrogens with zero attached hydrogens (tertiary/aromatic N) is 3. The molecule has 0 aliphatic rings. The van der Waals surface area contributed by atoms with Crippen molar-refractivity contribution in [1.29, 1.82) is 0 Å². The van der Waals surface area contributed by atoms with Gasteiger partial charge in [-0.15, -0.1) is 0 Å². The molecule has 0 radical (unpaired) electrons. The van der Waals surface area contributed by atoms with Crippen molar-refractivity contribution in [1.82, 2.24) is 9.97 Å². The fourth-order valence-corrected chi connectivity index (χ4v) is 2.41. The first kappa shape index (κ1) is 14.3. The highest BCUT2D eigenvalue weighted by atomic mass is 32.2. The summed E-state index contributed by atoms with van der Waals surface area (Å²) >= 11 is 1.45. The van der Waals surface area contributed by atoms with Gasteiger partial charge in [0.1, 0.15) is 5.69 Å². The van der Waals surface area contributed by atoms with E-state index in [4.69, 9.17) is 0 Å². The van der Waals surface area contributed by atoms with Gasteiger partial charge in [0.2, 0.25) is 0 Å². The van der Waals surface area contributed by atoms with Crippen molar-refractivity contribution in [3.05, 3.63) is 52.3 Å². The van der Waals surface area contributed by atoms with Gasteiger partial charge in [-0.3, -0.25) is 10.1 Å². The summed E-state index contributed by atoms with van der Waals surface area (Å²) in [7, 11) is 0. The van der Waals surface area contributed by atoms with Gasteiger partial charge in [0.15, 0.2) is 5.16 Å². The third kappa shape index (κ3) is 3.67. The SMILES string of the molecule is CCNc1ccc(CSc2ncccn2)cc1[N+](=O)[O-]. The van der Waals surface area contributed by atoms with Crippen LogP contribution in [0.4, 0.5) is 11.4 Å². The van der Waals surface area contributed by atoms with Gasteiger partial charge >= 0.3 is 0 Å². The fourth-order valence-electron chi connectivity index (χ4n) is 1.67. The van der Waals surface area contributed by atoms with Crippen molar-refractivity contribution in [2.24, 2.45) is 0 Å². The van der Waals surface area contributed by atoms with E-state index in [2.05, 4.69) is 15.3 Å². The molecule has 1 heterocycles. The first-order valence-electron chi connectivity index (χ1n) is 6.11. The molecule has 0 spiro atoms. The molecule has 2 rings (SSSR count). The molecule has 0 saturated carbocycles. The van der Waals surface area contributed by atoms with E-state index in [1.54, 1.807) is 30.6 Å². The molecule has 1 aromatic carbocycles. The maximum atomic E-state index is 11.1. The minimum atomic E-state index is -0.370. The van der Waals surface area contributed by atoms with Crippen molar-refractivity contribution in [2.45, 2.75) is 17.8 Å². The Bertz CT molecular complexity index is 592. The molecule has 0 bridgehead atoms. The summed E-state index contributed by atoms with van der Waals surface area (Å²) in [5.41, 5.74) is 1.51. The highest BCUT2D eigenvalue weighted by molar-refractivity contribution is 7.98. The second kappa shape index (κ2) is 6.85. The van der Waals surface area contributed by atoms with E-state index in [9.17, 15) is 10.1 Å². The molecule has 2 aromatic rings. The van der Waals surface area contributed by atoms with Gasteiger partial charge in [-0.05, 0) is 24.6 Å². The van der Waals surface area contributed by atoms with Crippen molar-refractivity contribution < 1.29 is 4.92 Å². The largest absolute Gasteiger partial charge is 0.380 e. The van der Waals surface area contributed by atoms with Crippen LogP contribution in [0.2, 0.25) is 0 Å². The lowest BCUT2D eigenvalue weighted by atomic mass is 10.2. The zero-order valence-electron chi connectivity index (χ0n) is 10.9. The predicted molar refractivity (Wildman–Crippen MR) is 78.9 cm³/mol. The van der Waals surface area contributed by atoms with E-state index in [0.717, 1.165) is 5.56 Å². The van der Waals surface area contributed by atoms with E-state index in [-0.39, 0.29) is 10.6 Å². The summed E-state index contributed by atoms with van der Waals surface area (Å²) in [6, 6.07) is 6.96. The zero-order chi connectivity index (χ0) is 14.4. The number of benzene rings is 1. The van der Waals surface area contributed by atoms with E-state index in [1.165, 1.54) is 11.8 Å². The maximum Gasteiger partial charge on any atom is 0.292 e. The number of hydrogen-bond donors (Lipinski definition) is 1. The monoisotopic (exact) mass is 290 g/mol. The van der Waals surface area contributed by atoms with Crippen LogP contribution in [0, 0.1) is 10.1 Å². The van der Waals surface area contributed by atoms with Gasteiger partial charge in [-0.25, -0.2) is 9.97 Å². The second-order valence-electron chi connectivity index (χ2n) is 3.96. The number of nitrogens with one attached hydrogen (secondary N) is 1. The Labute approximate surface area is 120 Å². The van der Waals surface area contributed by atoms with Gasteiger partial charge < -0.3 is 5.32 Å². The van der Waals surface area contributed by atoms with E-state index in [1.807, 2.05) is 13.0 Å².